The van der Waals surface area contributed by atoms with Crippen molar-refractivity contribution in [3.63, 3.8) is 0 Å². The lowest BCUT2D eigenvalue weighted by Gasteiger charge is -2.25. The highest BCUT2D eigenvalue weighted by atomic mass is 32.1. The van der Waals surface area contributed by atoms with Gasteiger partial charge in [0, 0.05) is 73.2 Å². The summed E-state index contributed by atoms with van der Waals surface area (Å²) in [5.74, 6) is 0. The molecule has 0 bridgehead atoms. The van der Waals surface area contributed by atoms with E-state index in [2.05, 4.69) is 125 Å². The molecule has 0 saturated carbocycles. The van der Waals surface area contributed by atoms with Crippen LogP contribution in [-0.4, -0.2) is 5.11 Å². The standard InChI is InChI=1S/C37H22OS9/c38-37(34-16-13-31(45-34)28-10-7-25(42-28)22-4-1-19-39-22,35-17-14-32(46-35)29-11-8-26(43-29)23-5-2-20-40-23)36-18-15-33(47-36)30-12-9-27(44-30)24-6-3-21-41-24/h1-21,38H. The van der Waals surface area contributed by atoms with E-state index in [0.717, 1.165) is 14.6 Å². The van der Waals surface area contributed by atoms with E-state index in [9.17, 15) is 5.11 Å². The SMILES string of the molecule is OC(c1ccc(-c2ccc(-c3cccs3)s2)s1)(c1ccc(-c2ccc(-c3cccs3)s2)s1)c1ccc(-c2ccc(-c3cccs3)s2)s1. The van der Waals surface area contributed by atoms with E-state index in [0.29, 0.717) is 0 Å². The quantitative estimate of drug-likeness (QED) is 0.155. The molecule has 0 spiro atoms. The molecular weight excluding hydrogens is 749 g/mol. The van der Waals surface area contributed by atoms with Crippen LogP contribution < -0.4 is 0 Å². The van der Waals surface area contributed by atoms with Crippen molar-refractivity contribution in [3.8, 4) is 58.5 Å². The Balaban J connectivity index is 1.11. The monoisotopic (exact) mass is 770 g/mol. The van der Waals surface area contributed by atoms with Crippen LogP contribution in [0.15, 0.2) is 125 Å². The van der Waals surface area contributed by atoms with Crippen molar-refractivity contribution in [3.05, 3.63) is 140 Å². The fourth-order valence-electron chi connectivity index (χ4n) is 5.42. The fraction of sp³-hybridized carbons (Fsp3) is 0.0270. The predicted octanol–water partition coefficient (Wildman–Crippen LogP) is 14.5. The summed E-state index contributed by atoms with van der Waals surface area (Å²) in [7, 11) is 0. The maximum absolute atomic E-state index is 13.0. The molecule has 0 fully saturated rings. The molecule has 0 aliphatic heterocycles. The largest absolute Gasteiger partial charge is 0.374 e. The Labute approximate surface area is 308 Å². The van der Waals surface area contributed by atoms with Crippen LogP contribution in [0.2, 0.25) is 0 Å². The molecule has 0 unspecified atom stereocenters. The summed E-state index contributed by atoms with van der Waals surface area (Å²) in [6.07, 6.45) is 0. The Morgan fingerprint density at radius 2 is 0.553 bits per heavy atom. The number of thiophene rings is 9. The third kappa shape index (κ3) is 5.64. The second kappa shape index (κ2) is 12.6. The molecule has 1 N–H and O–H groups in total. The van der Waals surface area contributed by atoms with Crippen molar-refractivity contribution in [2.75, 3.05) is 0 Å². The van der Waals surface area contributed by atoms with E-state index in [4.69, 9.17) is 0 Å². The lowest BCUT2D eigenvalue weighted by Crippen LogP contribution is -2.25. The van der Waals surface area contributed by atoms with Gasteiger partial charge in [0.1, 0.15) is 0 Å². The minimum Gasteiger partial charge on any atom is -0.374 e. The van der Waals surface area contributed by atoms with E-state index in [1.807, 2.05) is 34.0 Å². The minimum absolute atomic E-state index is 0.941. The Hall–Kier alpha value is -2.74. The summed E-state index contributed by atoms with van der Waals surface area (Å²) in [6.45, 7) is 0. The predicted molar refractivity (Wildman–Crippen MR) is 215 cm³/mol. The van der Waals surface area contributed by atoms with Gasteiger partial charge in [-0.25, -0.2) is 0 Å². The van der Waals surface area contributed by atoms with Crippen LogP contribution in [0.3, 0.4) is 0 Å². The minimum atomic E-state index is -1.26. The number of rotatable bonds is 9. The highest BCUT2D eigenvalue weighted by Gasteiger charge is 2.39. The molecule has 9 aromatic heterocycles. The van der Waals surface area contributed by atoms with Crippen LogP contribution in [0, 0.1) is 0 Å². The van der Waals surface area contributed by atoms with Crippen LogP contribution in [0.1, 0.15) is 14.6 Å². The normalized spacial score (nSPS) is 11.9. The van der Waals surface area contributed by atoms with Crippen LogP contribution in [0.25, 0.3) is 58.5 Å². The molecule has 0 amide bonds. The van der Waals surface area contributed by atoms with Gasteiger partial charge in [0.2, 0.25) is 0 Å². The molecule has 9 aromatic rings. The third-order valence-corrected chi connectivity index (χ3v) is 18.3. The average molecular weight is 771 g/mol. The van der Waals surface area contributed by atoms with Gasteiger partial charge < -0.3 is 5.11 Å². The molecule has 10 heteroatoms. The summed E-state index contributed by atoms with van der Waals surface area (Å²) in [6, 6.07) is 39.0. The Morgan fingerprint density at radius 1 is 0.298 bits per heavy atom. The molecule has 9 heterocycles. The summed E-state index contributed by atoms with van der Waals surface area (Å²) in [4.78, 5) is 17.7. The van der Waals surface area contributed by atoms with Gasteiger partial charge in [0.15, 0.2) is 5.60 Å². The second-order valence-electron chi connectivity index (χ2n) is 10.6. The molecule has 230 valence electrons. The van der Waals surface area contributed by atoms with Gasteiger partial charge in [-0.1, -0.05) is 18.2 Å². The Kier molecular flexibility index (Phi) is 8.14. The van der Waals surface area contributed by atoms with Gasteiger partial charge in [-0.05, 0) is 107 Å². The summed E-state index contributed by atoms with van der Waals surface area (Å²) in [5.41, 5.74) is -1.26. The summed E-state index contributed by atoms with van der Waals surface area (Å²) < 4.78 is 0. The molecule has 0 aromatic carbocycles. The molecule has 0 saturated heterocycles. The zero-order valence-electron chi connectivity index (χ0n) is 24.2. The molecule has 0 atom stereocenters. The molecule has 0 aliphatic carbocycles. The van der Waals surface area contributed by atoms with Gasteiger partial charge in [0.25, 0.3) is 0 Å². The zero-order valence-corrected chi connectivity index (χ0v) is 31.6. The highest BCUT2D eigenvalue weighted by molar-refractivity contribution is 7.28. The number of hydrogen-bond donors (Lipinski definition) is 1. The zero-order chi connectivity index (χ0) is 31.4. The molecule has 0 aliphatic rings. The maximum atomic E-state index is 13.0. The van der Waals surface area contributed by atoms with Crippen molar-refractivity contribution in [2.45, 2.75) is 5.60 Å². The number of hydrogen-bond acceptors (Lipinski definition) is 10. The van der Waals surface area contributed by atoms with E-state index < -0.39 is 5.60 Å². The Bertz CT molecular complexity index is 2110. The van der Waals surface area contributed by atoms with Gasteiger partial charge in [-0.3, -0.25) is 0 Å². The van der Waals surface area contributed by atoms with Crippen LogP contribution in [0.5, 0.6) is 0 Å². The first-order valence-corrected chi connectivity index (χ1v) is 22.1. The van der Waals surface area contributed by atoms with Crippen molar-refractivity contribution in [1.82, 2.24) is 0 Å². The average Bonchev–Trinajstić information content (AvgIpc) is 3.96. The molecule has 0 radical (unpaired) electrons. The third-order valence-electron chi connectivity index (χ3n) is 7.73. The van der Waals surface area contributed by atoms with E-state index in [1.165, 1.54) is 58.5 Å². The van der Waals surface area contributed by atoms with Crippen LogP contribution in [0.4, 0.5) is 0 Å². The van der Waals surface area contributed by atoms with Gasteiger partial charge in [-0.15, -0.1) is 102 Å². The van der Waals surface area contributed by atoms with Crippen LogP contribution in [-0.2, 0) is 5.60 Å². The van der Waals surface area contributed by atoms with Crippen molar-refractivity contribution in [2.24, 2.45) is 0 Å². The summed E-state index contributed by atoms with van der Waals surface area (Å²) in [5, 5.41) is 19.4. The lowest BCUT2D eigenvalue weighted by atomic mass is 9.97. The lowest BCUT2D eigenvalue weighted by molar-refractivity contribution is 0.137. The van der Waals surface area contributed by atoms with Crippen molar-refractivity contribution in [1.29, 1.82) is 0 Å². The topological polar surface area (TPSA) is 20.2 Å². The first-order chi connectivity index (χ1) is 23.1. The number of aliphatic hydroxyl groups is 1. The molecular formula is C37H22OS9. The maximum Gasteiger partial charge on any atom is 0.167 e. The second-order valence-corrected chi connectivity index (χ2v) is 20.0. The van der Waals surface area contributed by atoms with E-state index in [-0.39, 0.29) is 0 Å². The molecule has 1 nitrogen and oxygen atoms in total. The first-order valence-electron chi connectivity index (χ1n) is 14.6. The van der Waals surface area contributed by atoms with E-state index in [1.54, 1.807) is 68.0 Å². The van der Waals surface area contributed by atoms with Gasteiger partial charge in [0.05, 0.1) is 0 Å². The van der Waals surface area contributed by atoms with Gasteiger partial charge in [-0.2, -0.15) is 0 Å². The fourth-order valence-corrected chi connectivity index (χ4v) is 14.8. The molecule has 9 rings (SSSR count). The summed E-state index contributed by atoms with van der Waals surface area (Å²) >= 11 is 15.8. The van der Waals surface area contributed by atoms with Crippen molar-refractivity contribution < 1.29 is 5.11 Å². The highest BCUT2D eigenvalue weighted by Crippen LogP contribution is 2.51. The van der Waals surface area contributed by atoms with Crippen molar-refractivity contribution >= 4 is 102 Å². The van der Waals surface area contributed by atoms with Crippen LogP contribution >= 0.6 is 102 Å². The first kappa shape index (κ1) is 30.3. The Morgan fingerprint density at radius 3 is 0.830 bits per heavy atom. The molecule has 47 heavy (non-hydrogen) atoms. The smallest absolute Gasteiger partial charge is 0.167 e. The van der Waals surface area contributed by atoms with Gasteiger partial charge >= 0.3 is 0 Å². The van der Waals surface area contributed by atoms with E-state index >= 15 is 0 Å².